The van der Waals surface area contributed by atoms with E-state index in [1.807, 2.05) is 6.92 Å². The minimum absolute atomic E-state index is 0.0867. The van der Waals surface area contributed by atoms with E-state index in [1.165, 1.54) is 11.1 Å². The summed E-state index contributed by atoms with van der Waals surface area (Å²) in [5.41, 5.74) is 3.41. The van der Waals surface area contributed by atoms with Gasteiger partial charge in [-0.2, -0.15) is 0 Å². The molecule has 2 aliphatic heterocycles. The number of likely N-dealkylation sites (tertiary alicyclic amines) is 1. The van der Waals surface area contributed by atoms with E-state index in [0.717, 1.165) is 37.9 Å². The molecule has 0 spiro atoms. The topological polar surface area (TPSA) is 83.5 Å². The van der Waals surface area contributed by atoms with Crippen molar-refractivity contribution >= 4 is 19.7 Å². The Labute approximate surface area is 198 Å². The van der Waals surface area contributed by atoms with Crippen molar-refractivity contribution < 1.29 is 16.8 Å². The van der Waals surface area contributed by atoms with Crippen molar-refractivity contribution in [2.75, 3.05) is 31.1 Å². The van der Waals surface area contributed by atoms with Crippen LogP contribution in [-0.2, 0) is 26.1 Å². The fraction of sp³-hybridized carbons (Fsp3) is 0.520. The number of aryl methyl sites for hydroxylation is 2. The van der Waals surface area contributed by atoms with Gasteiger partial charge in [-0.1, -0.05) is 48.9 Å². The molecule has 2 aromatic carbocycles. The van der Waals surface area contributed by atoms with Gasteiger partial charge in [-0.25, -0.2) is 16.8 Å². The summed E-state index contributed by atoms with van der Waals surface area (Å²) in [5.74, 6) is -0.480. The number of hydrogen-bond acceptors (Lipinski definition) is 6. The Hall–Kier alpha value is -1.74. The van der Waals surface area contributed by atoms with Gasteiger partial charge >= 0.3 is 0 Å². The SMILES string of the molecule is CCc1ccc(S(=O)(=O)[C@H]2CS(=O)(=O)C[C@@H]2NCC(c2ccc(C)cc2)N2CCCC2)cc1. The van der Waals surface area contributed by atoms with Gasteiger partial charge in [-0.3, -0.25) is 4.90 Å². The molecule has 0 saturated carbocycles. The third kappa shape index (κ3) is 5.50. The van der Waals surface area contributed by atoms with Crippen LogP contribution in [-0.4, -0.2) is 64.2 Å². The van der Waals surface area contributed by atoms with Crippen LogP contribution < -0.4 is 5.32 Å². The summed E-state index contributed by atoms with van der Waals surface area (Å²) in [5, 5.41) is 2.40. The smallest absolute Gasteiger partial charge is 0.183 e. The fourth-order valence-electron chi connectivity index (χ4n) is 4.96. The van der Waals surface area contributed by atoms with Crippen LogP contribution in [0.15, 0.2) is 53.4 Å². The van der Waals surface area contributed by atoms with Gasteiger partial charge in [0, 0.05) is 18.6 Å². The molecule has 2 heterocycles. The first-order chi connectivity index (χ1) is 15.7. The molecule has 1 N–H and O–H groups in total. The van der Waals surface area contributed by atoms with Crippen LogP contribution in [0.3, 0.4) is 0 Å². The number of rotatable bonds is 8. The zero-order valence-electron chi connectivity index (χ0n) is 19.4. The number of nitrogens with zero attached hydrogens (tertiary/aromatic N) is 1. The average molecular weight is 491 g/mol. The highest BCUT2D eigenvalue weighted by Crippen LogP contribution is 2.29. The second kappa shape index (κ2) is 9.86. The van der Waals surface area contributed by atoms with Gasteiger partial charge in [0.2, 0.25) is 0 Å². The Morgan fingerprint density at radius 1 is 1.00 bits per heavy atom. The molecule has 0 radical (unpaired) electrons. The van der Waals surface area contributed by atoms with Gasteiger partial charge in [-0.05, 0) is 62.5 Å². The normalized spacial score (nSPS) is 24.2. The Kier molecular flexibility index (Phi) is 7.29. The molecule has 2 aliphatic rings. The summed E-state index contributed by atoms with van der Waals surface area (Å²) < 4.78 is 51.9. The molecule has 1 unspecified atom stereocenters. The summed E-state index contributed by atoms with van der Waals surface area (Å²) >= 11 is 0. The van der Waals surface area contributed by atoms with Gasteiger partial charge < -0.3 is 5.32 Å². The molecular formula is C25H34N2O4S2. The van der Waals surface area contributed by atoms with E-state index >= 15 is 0 Å². The van der Waals surface area contributed by atoms with E-state index in [9.17, 15) is 16.8 Å². The zero-order chi connectivity index (χ0) is 23.6. The summed E-state index contributed by atoms with van der Waals surface area (Å²) in [6.07, 6.45) is 3.11. The quantitative estimate of drug-likeness (QED) is 0.613. The average Bonchev–Trinajstić information content (AvgIpc) is 3.43. The van der Waals surface area contributed by atoms with Crippen molar-refractivity contribution in [3.63, 3.8) is 0 Å². The van der Waals surface area contributed by atoms with Gasteiger partial charge in [0.1, 0.15) is 0 Å². The van der Waals surface area contributed by atoms with E-state index in [1.54, 1.807) is 24.3 Å². The first-order valence-electron chi connectivity index (χ1n) is 11.8. The van der Waals surface area contributed by atoms with Gasteiger partial charge in [0.15, 0.2) is 19.7 Å². The first kappa shape index (κ1) is 24.4. The van der Waals surface area contributed by atoms with Gasteiger partial charge in [0.05, 0.1) is 21.7 Å². The molecule has 0 aromatic heterocycles. The molecule has 180 valence electrons. The molecule has 4 rings (SSSR count). The zero-order valence-corrected chi connectivity index (χ0v) is 21.0. The second-order valence-electron chi connectivity index (χ2n) is 9.34. The minimum atomic E-state index is -3.78. The third-order valence-corrected chi connectivity index (χ3v) is 11.1. The molecule has 33 heavy (non-hydrogen) atoms. The summed E-state index contributed by atoms with van der Waals surface area (Å²) in [4.78, 5) is 2.61. The molecule has 2 fully saturated rings. The number of benzene rings is 2. The largest absolute Gasteiger partial charge is 0.310 e. The van der Waals surface area contributed by atoms with Crippen molar-refractivity contribution in [1.29, 1.82) is 0 Å². The predicted molar refractivity (Wildman–Crippen MR) is 132 cm³/mol. The summed E-state index contributed by atoms with van der Waals surface area (Å²) in [7, 11) is -7.22. The van der Waals surface area contributed by atoms with Crippen LogP contribution >= 0.6 is 0 Å². The molecular weight excluding hydrogens is 456 g/mol. The van der Waals surface area contributed by atoms with Crippen LogP contribution in [0.5, 0.6) is 0 Å². The maximum absolute atomic E-state index is 13.4. The monoisotopic (exact) mass is 490 g/mol. The molecule has 6 nitrogen and oxygen atoms in total. The molecule has 0 bridgehead atoms. The highest BCUT2D eigenvalue weighted by atomic mass is 32.2. The van der Waals surface area contributed by atoms with E-state index in [2.05, 4.69) is 41.4 Å². The molecule has 3 atom stereocenters. The lowest BCUT2D eigenvalue weighted by atomic mass is 10.0. The van der Waals surface area contributed by atoms with Crippen molar-refractivity contribution in [2.24, 2.45) is 0 Å². The molecule has 8 heteroatoms. The van der Waals surface area contributed by atoms with E-state index < -0.39 is 31.0 Å². The van der Waals surface area contributed by atoms with Crippen LogP contribution in [0.25, 0.3) is 0 Å². The minimum Gasteiger partial charge on any atom is -0.310 e. The Bertz CT molecular complexity index is 1150. The van der Waals surface area contributed by atoms with Crippen molar-refractivity contribution in [3.05, 3.63) is 65.2 Å². The standard InChI is InChI=1S/C25H34N2O4S2/c1-3-20-8-12-22(13-9-20)33(30,31)25-18-32(28,29)17-23(25)26-16-24(27-14-4-5-15-27)21-10-6-19(2)7-11-21/h6-13,23-26H,3-5,14-18H2,1-2H3/t23-,24?,25-/m0/s1. The Morgan fingerprint density at radius 3 is 2.24 bits per heavy atom. The van der Waals surface area contributed by atoms with Crippen LogP contribution in [0.4, 0.5) is 0 Å². The second-order valence-corrected chi connectivity index (χ2v) is 13.7. The summed E-state index contributed by atoms with van der Waals surface area (Å²) in [6, 6.07) is 14.7. The van der Waals surface area contributed by atoms with Crippen LogP contribution in [0.2, 0.25) is 0 Å². The number of nitrogens with one attached hydrogen (secondary N) is 1. The highest BCUT2D eigenvalue weighted by Gasteiger charge is 2.46. The Morgan fingerprint density at radius 2 is 1.64 bits per heavy atom. The maximum Gasteiger partial charge on any atom is 0.183 e. The van der Waals surface area contributed by atoms with Crippen LogP contribution in [0.1, 0.15) is 42.5 Å². The van der Waals surface area contributed by atoms with E-state index in [-0.39, 0.29) is 22.4 Å². The molecule has 2 saturated heterocycles. The Balaban J connectivity index is 1.56. The number of sulfone groups is 2. The first-order valence-corrected chi connectivity index (χ1v) is 15.1. The van der Waals surface area contributed by atoms with Crippen molar-refractivity contribution in [1.82, 2.24) is 10.2 Å². The van der Waals surface area contributed by atoms with Crippen LogP contribution in [0, 0.1) is 6.92 Å². The van der Waals surface area contributed by atoms with Crippen molar-refractivity contribution in [2.45, 2.75) is 55.3 Å². The summed E-state index contributed by atoms with van der Waals surface area (Å²) in [6.45, 7) is 6.57. The van der Waals surface area contributed by atoms with E-state index in [0.29, 0.717) is 6.54 Å². The third-order valence-electron chi connectivity index (χ3n) is 6.98. The molecule has 2 aromatic rings. The fourth-order valence-corrected chi connectivity index (χ4v) is 9.68. The molecule has 0 amide bonds. The molecule has 0 aliphatic carbocycles. The van der Waals surface area contributed by atoms with Crippen molar-refractivity contribution in [3.8, 4) is 0 Å². The van der Waals surface area contributed by atoms with Gasteiger partial charge in [0.25, 0.3) is 0 Å². The maximum atomic E-state index is 13.4. The number of hydrogen-bond donors (Lipinski definition) is 1. The van der Waals surface area contributed by atoms with E-state index in [4.69, 9.17) is 0 Å². The highest BCUT2D eigenvalue weighted by molar-refractivity contribution is 7.96. The lowest BCUT2D eigenvalue weighted by Crippen LogP contribution is -2.46. The lowest BCUT2D eigenvalue weighted by Gasteiger charge is -2.30. The van der Waals surface area contributed by atoms with Gasteiger partial charge in [-0.15, -0.1) is 0 Å². The lowest BCUT2D eigenvalue weighted by molar-refractivity contribution is 0.234. The predicted octanol–water partition coefficient (Wildman–Crippen LogP) is 2.92.